The van der Waals surface area contributed by atoms with Gasteiger partial charge in [0, 0.05) is 17.9 Å². The third kappa shape index (κ3) is 3.32. The first-order chi connectivity index (χ1) is 8.83. The van der Waals surface area contributed by atoms with Gasteiger partial charge in [-0.1, -0.05) is 38.7 Å². The van der Waals surface area contributed by atoms with Crippen LogP contribution in [-0.2, 0) is 0 Å². The molecular formula is C16H26N2. The maximum absolute atomic E-state index is 4.46. The van der Waals surface area contributed by atoms with E-state index in [1.54, 1.807) is 0 Å². The van der Waals surface area contributed by atoms with E-state index in [1.165, 1.54) is 49.8 Å². The lowest BCUT2D eigenvalue weighted by Crippen LogP contribution is -2.29. The van der Waals surface area contributed by atoms with Crippen LogP contribution < -0.4 is 5.32 Å². The Balaban J connectivity index is 2.18. The van der Waals surface area contributed by atoms with E-state index in [4.69, 9.17) is 0 Å². The second-order valence-corrected chi connectivity index (χ2v) is 5.47. The van der Waals surface area contributed by atoms with Crippen LogP contribution in [0, 0.1) is 12.8 Å². The molecule has 2 heteroatoms. The zero-order valence-corrected chi connectivity index (χ0v) is 11.8. The topological polar surface area (TPSA) is 24.9 Å². The van der Waals surface area contributed by atoms with Crippen LogP contribution in [0.5, 0.6) is 0 Å². The lowest BCUT2D eigenvalue weighted by Gasteiger charge is -2.28. The van der Waals surface area contributed by atoms with E-state index in [2.05, 4.69) is 36.3 Å². The van der Waals surface area contributed by atoms with Gasteiger partial charge in [0.25, 0.3) is 0 Å². The van der Waals surface area contributed by atoms with Crippen molar-refractivity contribution in [1.82, 2.24) is 10.3 Å². The van der Waals surface area contributed by atoms with Gasteiger partial charge in [0.15, 0.2) is 0 Å². The van der Waals surface area contributed by atoms with Gasteiger partial charge >= 0.3 is 0 Å². The second-order valence-electron chi connectivity index (χ2n) is 5.47. The first kappa shape index (κ1) is 13.5. The summed E-state index contributed by atoms with van der Waals surface area (Å²) in [7, 11) is 0. The van der Waals surface area contributed by atoms with Crippen LogP contribution in [0.2, 0.25) is 0 Å². The molecular weight excluding hydrogens is 220 g/mol. The molecule has 18 heavy (non-hydrogen) atoms. The lowest BCUT2D eigenvalue weighted by molar-refractivity contribution is 0.328. The molecule has 2 rings (SSSR count). The molecule has 0 radical (unpaired) electrons. The van der Waals surface area contributed by atoms with E-state index >= 15 is 0 Å². The summed E-state index contributed by atoms with van der Waals surface area (Å²) in [6.45, 7) is 5.38. The average Bonchev–Trinajstić information content (AvgIpc) is 2.66. The molecule has 1 aliphatic carbocycles. The van der Waals surface area contributed by atoms with Crippen LogP contribution in [0.25, 0.3) is 0 Å². The summed E-state index contributed by atoms with van der Waals surface area (Å²) in [6, 6.07) is 4.83. The standard InChI is InChI=1S/C16H26N2/c1-3-17-16(14-9-6-4-5-7-10-14)15-11-8-12-18-13(15)2/h8,11-12,14,16-17H,3-7,9-10H2,1-2H3. The van der Waals surface area contributed by atoms with Gasteiger partial charge in [0.05, 0.1) is 0 Å². The number of aromatic nitrogens is 1. The highest BCUT2D eigenvalue weighted by atomic mass is 14.9. The van der Waals surface area contributed by atoms with E-state index in [0.717, 1.165) is 12.5 Å². The summed E-state index contributed by atoms with van der Waals surface area (Å²) >= 11 is 0. The van der Waals surface area contributed by atoms with Gasteiger partial charge in [-0.3, -0.25) is 4.98 Å². The molecule has 0 amide bonds. The van der Waals surface area contributed by atoms with Crippen molar-refractivity contribution in [3.05, 3.63) is 29.6 Å². The first-order valence-corrected chi connectivity index (χ1v) is 7.47. The number of pyridine rings is 1. The van der Waals surface area contributed by atoms with E-state index in [9.17, 15) is 0 Å². The van der Waals surface area contributed by atoms with Gasteiger partial charge in [-0.15, -0.1) is 0 Å². The number of hydrogen-bond donors (Lipinski definition) is 1. The summed E-state index contributed by atoms with van der Waals surface area (Å²) in [6.07, 6.45) is 10.3. The molecule has 1 aromatic rings. The van der Waals surface area contributed by atoms with Crippen molar-refractivity contribution in [3.63, 3.8) is 0 Å². The number of rotatable bonds is 4. The summed E-state index contributed by atoms with van der Waals surface area (Å²) in [4.78, 5) is 4.46. The van der Waals surface area contributed by atoms with Crippen LogP contribution in [0.3, 0.4) is 0 Å². The Morgan fingerprint density at radius 2 is 2.00 bits per heavy atom. The Labute approximate surface area is 111 Å². The summed E-state index contributed by atoms with van der Waals surface area (Å²) in [5, 5.41) is 3.70. The smallest absolute Gasteiger partial charge is 0.0420 e. The van der Waals surface area contributed by atoms with Crippen molar-refractivity contribution in [2.24, 2.45) is 5.92 Å². The van der Waals surface area contributed by atoms with Crippen LogP contribution in [-0.4, -0.2) is 11.5 Å². The molecule has 0 saturated heterocycles. The molecule has 0 spiro atoms. The van der Waals surface area contributed by atoms with E-state index in [1.807, 2.05) is 6.20 Å². The van der Waals surface area contributed by atoms with Gasteiger partial charge in [0.1, 0.15) is 0 Å². The maximum atomic E-state index is 4.46. The molecule has 1 atom stereocenters. The molecule has 1 fully saturated rings. The Kier molecular flexibility index (Phi) is 5.18. The molecule has 1 N–H and O–H groups in total. The molecule has 1 saturated carbocycles. The number of nitrogens with one attached hydrogen (secondary N) is 1. The van der Waals surface area contributed by atoms with Gasteiger partial charge in [-0.25, -0.2) is 0 Å². The highest BCUT2D eigenvalue weighted by molar-refractivity contribution is 5.23. The zero-order valence-electron chi connectivity index (χ0n) is 11.8. The van der Waals surface area contributed by atoms with Gasteiger partial charge in [-0.2, -0.15) is 0 Å². The monoisotopic (exact) mass is 246 g/mol. The minimum Gasteiger partial charge on any atom is -0.310 e. The van der Waals surface area contributed by atoms with E-state index in [-0.39, 0.29) is 0 Å². The highest BCUT2D eigenvalue weighted by Crippen LogP contribution is 2.34. The zero-order chi connectivity index (χ0) is 12.8. The number of hydrogen-bond acceptors (Lipinski definition) is 2. The van der Waals surface area contributed by atoms with Crippen LogP contribution in [0.4, 0.5) is 0 Å². The normalized spacial score (nSPS) is 19.4. The molecule has 0 bridgehead atoms. The van der Waals surface area contributed by atoms with Crippen molar-refractivity contribution in [1.29, 1.82) is 0 Å². The summed E-state index contributed by atoms with van der Waals surface area (Å²) in [5.74, 6) is 0.787. The predicted octanol–water partition coefficient (Wildman–Crippen LogP) is 4.01. The van der Waals surface area contributed by atoms with Crippen molar-refractivity contribution < 1.29 is 0 Å². The Morgan fingerprint density at radius 1 is 1.28 bits per heavy atom. The van der Waals surface area contributed by atoms with Crippen molar-refractivity contribution in [3.8, 4) is 0 Å². The fourth-order valence-corrected chi connectivity index (χ4v) is 3.22. The largest absolute Gasteiger partial charge is 0.310 e. The first-order valence-electron chi connectivity index (χ1n) is 7.47. The Morgan fingerprint density at radius 3 is 2.61 bits per heavy atom. The van der Waals surface area contributed by atoms with Crippen LogP contribution in [0.1, 0.15) is 62.7 Å². The Bertz CT molecular complexity index is 354. The van der Waals surface area contributed by atoms with Crippen LogP contribution in [0.15, 0.2) is 18.3 Å². The summed E-state index contributed by atoms with van der Waals surface area (Å²) in [5.41, 5.74) is 2.60. The van der Waals surface area contributed by atoms with Gasteiger partial charge in [-0.05, 0) is 43.9 Å². The molecule has 1 unspecified atom stereocenters. The fourth-order valence-electron chi connectivity index (χ4n) is 3.22. The third-order valence-electron chi connectivity index (χ3n) is 4.18. The molecule has 1 aromatic heterocycles. The molecule has 2 nitrogen and oxygen atoms in total. The minimum absolute atomic E-state index is 0.502. The molecule has 100 valence electrons. The quantitative estimate of drug-likeness (QED) is 0.812. The number of nitrogens with zero attached hydrogens (tertiary/aromatic N) is 1. The molecule has 0 aliphatic heterocycles. The summed E-state index contributed by atoms with van der Waals surface area (Å²) < 4.78 is 0. The molecule has 0 aromatic carbocycles. The SMILES string of the molecule is CCNC(c1cccnc1C)C1CCCCCC1. The van der Waals surface area contributed by atoms with Crippen LogP contribution >= 0.6 is 0 Å². The van der Waals surface area contributed by atoms with Crippen molar-refractivity contribution in [2.75, 3.05) is 6.54 Å². The Hall–Kier alpha value is -0.890. The van der Waals surface area contributed by atoms with Crippen molar-refractivity contribution in [2.45, 2.75) is 58.4 Å². The predicted molar refractivity (Wildman–Crippen MR) is 76.6 cm³/mol. The lowest BCUT2D eigenvalue weighted by atomic mass is 9.86. The molecule has 1 heterocycles. The second kappa shape index (κ2) is 6.89. The molecule has 1 aliphatic rings. The van der Waals surface area contributed by atoms with Gasteiger partial charge < -0.3 is 5.32 Å². The van der Waals surface area contributed by atoms with Gasteiger partial charge in [0.2, 0.25) is 0 Å². The fraction of sp³-hybridized carbons (Fsp3) is 0.688. The maximum Gasteiger partial charge on any atom is 0.0420 e. The average molecular weight is 246 g/mol. The highest BCUT2D eigenvalue weighted by Gasteiger charge is 2.24. The minimum atomic E-state index is 0.502. The van der Waals surface area contributed by atoms with E-state index in [0.29, 0.717) is 6.04 Å². The van der Waals surface area contributed by atoms with Crippen molar-refractivity contribution >= 4 is 0 Å². The van der Waals surface area contributed by atoms with E-state index < -0.39 is 0 Å². The number of aryl methyl sites for hydroxylation is 1. The third-order valence-corrected chi connectivity index (χ3v) is 4.18.